The van der Waals surface area contributed by atoms with E-state index in [0.717, 1.165) is 16.9 Å². The summed E-state index contributed by atoms with van der Waals surface area (Å²) in [5.41, 5.74) is 8.06. The molecule has 7 rings (SSSR count). The Kier molecular flexibility index (Phi) is 4.15. The summed E-state index contributed by atoms with van der Waals surface area (Å²) in [5, 5.41) is 3.74. The molecule has 0 unspecified atom stereocenters. The second kappa shape index (κ2) is 7.46. The Bertz CT molecular complexity index is 1770. The molecule has 0 aliphatic heterocycles. The molecule has 3 heteroatoms. The van der Waals surface area contributed by atoms with E-state index < -0.39 is 0 Å². The zero-order chi connectivity index (χ0) is 22.5. The highest BCUT2D eigenvalue weighted by Crippen LogP contribution is 2.36. The summed E-state index contributed by atoms with van der Waals surface area (Å²) in [4.78, 5) is 4.49. The van der Waals surface area contributed by atoms with E-state index in [-0.39, 0.29) is 0 Å². The highest BCUT2D eigenvalue weighted by Gasteiger charge is 2.15. The minimum Gasteiger partial charge on any atom is -0.317 e. The molecule has 0 radical (unpaired) electrons. The number of para-hydroxylation sites is 2. The number of aromatic nitrogens is 3. The van der Waals surface area contributed by atoms with Crippen molar-refractivity contribution in [1.82, 2.24) is 14.1 Å². The van der Waals surface area contributed by atoms with E-state index >= 15 is 0 Å². The Hall–Kier alpha value is -4.63. The number of rotatable bonds is 3. The molecule has 34 heavy (non-hydrogen) atoms. The maximum Gasteiger partial charge on any atom is 0.0701 e. The van der Waals surface area contributed by atoms with Crippen LogP contribution in [0, 0.1) is 0 Å². The number of fused-ring (bicyclic) bond motifs is 4. The number of pyridine rings is 1. The van der Waals surface area contributed by atoms with E-state index in [1.54, 1.807) is 0 Å². The molecule has 3 heterocycles. The zero-order valence-electron chi connectivity index (χ0n) is 18.5. The molecule has 4 aromatic carbocycles. The van der Waals surface area contributed by atoms with E-state index in [1.165, 1.54) is 38.4 Å². The van der Waals surface area contributed by atoms with Gasteiger partial charge in [-0.05, 0) is 60.7 Å². The van der Waals surface area contributed by atoms with E-state index in [9.17, 15) is 0 Å². The minimum absolute atomic E-state index is 0.986. The molecule has 3 nitrogen and oxygen atoms in total. The molecule has 0 saturated carbocycles. The molecular weight excluding hydrogens is 414 g/mol. The summed E-state index contributed by atoms with van der Waals surface area (Å²) >= 11 is 0. The molecule has 7 aromatic rings. The van der Waals surface area contributed by atoms with Crippen molar-refractivity contribution in [1.29, 1.82) is 0 Å². The number of nitrogens with zero attached hydrogens (tertiary/aromatic N) is 3. The van der Waals surface area contributed by atoms with Gasteiger partial charge < -0.3 is 9.13 Å². The van der Waals surface area contributed by atoms with Crippen molar-refractivity contribution >= 4 is 32.7 Å². The molecule has 0 atom stereocenters. The van der Waals surface area contributed by atoms with Crippen molar-refractivity contribution < 1.29 is 0 Å². The van der Waals surface area contributed by atoms with Gasteiger partial charge in [-0.1, -0.05) is 54.6 Å². The van der Waals surface area contributed by atoms with Crippen LogP contribution in [0.2, 0.25) is 0 Å². The minimum atomic E-state index is 0.986. The lowest BCUT2D eigenvalue weighted by molar-refractivity contribution is 1.13. The van der Waals surface area contributed by atoms with Crippen LogP contribution in [0.25, 0.3) is 55.3 Å². The van der Waals surface area contributed by atoms with Crippen LogP contribution in [0.1, 0.15) is 0 Å². The maximum atomic E-state index is 4.49. The van der Waals surface area contributed by atoms with Gasteiger partial charge in [-0.15, -0.1) is 0 Å². The average molecular weight is 436 g/mol. The molecule has 0 saturated heterocycles. The van der Waals surface area contributed by atoms with Gasteiger partial charge in [0.05, 0.1) is 22.2 Å². The second-order valence-electron chi connectivity index (χ2n) is 8.56. The fraction of sp³-hybridized carbons (Fsp3) is 0. The zero-order valence-corrected chi connectivity index (χ0v) is 18.5. The van der Waals surface area contributed by atoms with Crippen LogP contribution in [-0.2, 0) is 0 Å². The van der Waals surface area contributed by atoms with Crippen LogP contribution in [-0.4, -0.2) is 14.1 Å². The van der Waals surface area contributed by atoms with E-state index in [0.29, 0.717) is 0 Å². The SMILES string of the molecule is c1ccc(-n2ccc3cc4c(cc32)c2ccccc2n4-c2ccc(-c3ccccn3)cc2)cc1. The van der Waals surface area contributed by atoms with Crippen LogP contribution in [0.3, 0.4) is 0 Å². The molecule has 0 fully saturated rings. The predicted molar refractivity (Wildman–Crippen MR) is 141 cm³/mol. The van der Waals surface area contributed by atoms with Gasteiger partial charge in [-0.25, -0.2) is 0 Å². The quantitative estimate of drug-likeness (QED) is 0.278. The fourth-order valence-electron chi connectivity index (χ4n) is 5.00. The maximum absolute atomic E-state index is 4.49. The topological polar surface area (TPSA) is 22.8 Å². The average Bonchev–Trinajstić information content (AvgIpc) is 3.47. The Morgan fingerprint density at radius 1 is 0.529 bits per heavy atom. The number of hydrogen-bond acceptors (Lipinski definition) is 1. The smallest absolute Gasteiger partial charge is 0.0701 e. The van der Waals surface area contributed by atoms with Crippen molar-refractivity contribution in [2.75, 3.05) is 0 Å². The standard InChI is InChI=1S/C31H21N3/c1-2-8-24(9-3-1)33-19-17-23-20-31-27(21-30(23)33)26-10-4-5-12-29(26)34(31)25-15-13-22(14-16-25)28-11-6-7-18-32-28/h1-21H. The molecule has 0 aliphatic rings. The van der Waals surface area contributed by atoms with Gasteiger partial charge in [-0.2, -0.15) is 0 Å². The van der Waals surface area contributed by atoms with Crippen LogP contribution in [0.4, 0.5) is 0 Å². The highest BCUT2D eigenvalue weighted by molar-refractivity contribution is 6.13. The number of benzene rings is 4. The van der Waals surface area contributed by atoms with Crippen molar-refractivity contribution in [3.8, 4) is 22.6 Å². The monoisotopic (exact) mass is 435 g/mol. The van der Waals surface area contributed by atoms with Crippen molar-refractivity contribution in [3.05, 3.63) is 128 Å². The first kappa shape index (κ1) is 18.9. The van der Waals surface area contributed by atoms with Gasteiger partial charge in [-0.3, -0.25) is 4.98 Å². The first-order valence-electron chi connectivity index (χ1n) is 11.5. The fourth-order valence-corrected chi connectivity index (χ4v) is 5.00. The summed E-state index contributed by atoms with van der Waals surface area (Å²) in [6.45, 7) is 0. The third kappa shape index (κ3) is 2.87. The predicted octanol–water partition coefficient (Wildman–Crippen LogP) is 7.79. The van der Waals surface area contributed by atoms with Gasteiger partial charge in [0.1, 0.15) is 0 Å². The molecular formula is C31H21N3. The van der Waals surface area contributed by atoms with Crippen LogP contribution in [0.5, 0.6) is 0 Å². The molecule has 0 N–H and O–H groups in total. The largest absolute Gasteiger partial charge is 0.317 e. The summed E-state index contributed by atoms with van der Waals surface area (Å²) in [6, 6.07) is 40.7. The summed E-state index contributed by atoms with van der Waals surface area (Å²) in [5.74, 6) is 0. The Labute approximate surface area is 197 Å². The lowest BCUT2D eigenvalue weighted by Crippen LogP contribution is -1.94. The third-order valence-electron chi connectivity index (χ3n) is 6.60. The van der Waals surface area contributed by atoms with E-state index in [1.807, 2.05) is 24.4 Å². The van der Waals surface area contributed by atoms with E-state index in [4.69, 9.17) is 0 Å². The van der Waals surface area contributed by atoms with Gasteiger partial charge in [0, 0.05) is 45.5 Å². The summed E-state index contributed by atoms with van der Waals surface area (Å²) < 4.78 is 4.63. The Morgan fingerprint density at radius 3 is 2.15 bits per heavy atom. The van der Waals surface area contributed by atoms with Crippen molar-refractivity contribution in [2.24, 2.45) is 0 Å². The molecule has 0 amide bonds. The van der Waals surface area contributed by atoms with Gasteiger partial charge in [0.25, 0.3) is 0 Å². The molecule has 0 spiro atoms. The summed E-state index contributed by atoms with van der Waals surface area (Å²) in [6.07, 6.45) is 4.00. The Balaban J connectivity index is 1.46. The van der Waals surface area contributed by atoms with Crippen LogP contribution >= 0.6 is 0 Å². The highest BCUT2D eigenvalue weighted by atomic mass is 15.0. The van der Waals surface area contributed by atoms with Crippen molar-refractivity contribution in [2.45, 2.75) is 0 Å². The first-order chi connectivity index (χ1) is 16.9. The molecule has 0 bridgehead atoms. The third-order valence-corrected chi connectivity index (χ3v) is 6.60. The van der Waals surface area contributed by atoms with Crippen molar-refractivity contribution in [3.63, 3.8) is 0 Å². The first-order valence-corrected chi connectivity index (χ1v) is 11.5. The van der Waals surface area contributed by atoms with Gasteiger partial charge in [0.15, 0.2) is 0 Å². The van der Waals surface area contributed by atoms with Crippen LogP contribution in [0.15, 0.2) is 128 Å². The molecule has 0 aliphatic carbocycles. The lowest BCUT2D eigenvalue weighted by Gasteiger charge is -2.10. The summed E-state index contributed by atoms with van der Waals surface area (Å²) in [7, 11) is 0. The van der Waals surface area contributed by atoms with Gasteiger partial charge >= 0.3 is 0 Å². The second-order valence-corrected chi connectivity index (χ2v) is 8.56. The number of hydrogen-bond donors (Lipinski definition) is 0. The Morgan fingerprint density at radius 2 is 1.32 bits per heavy atom. The van der Waals surface area contributed by atoms with E-state index in [2.05, 4.69) is 117 Å². The molecule has 3 aromatic heterocycles. The normalized spacial score (nSPS) is 11.5. The van der Waals surface area contributed by atoms with Gasteiger partial charge in [0.2, 0.25) is 0 Å². The lowest BCUT2D eigenvalue weighted by atomic mass is 10.1. The molecule has 160 valence electrons. The van der Waals surface area contributed by atoms with Crippen LogP contribution < -0.4 is 0 Å².